The summed E-state index contributed by atoms with van der Waals surface area (Å²) in [6, 6.07) is 14.7. The number of fused-ring (bicyclic) bond motifs is 3. The molecule has 1 saturated carbocycles. The van der Waals surface area contributed by atoms with Crippen LogP contribution in [0.15, 0.2) is 53.4 Å². The summed E-state index contributed by atoms with van der Waals surface area (Å²) >= 11 is 0. The lowest BCUT2D eigenvalue weighted by Crippen LogP contribution is -2.36. The zero-order valence-corrected chi connectivity index (χ0v) is 22.5. The summed E-state index contributed by atoms with van der Waals surface area (Å²) in [5.74, 6) is 0. The van der Waals surface area contributed by atoms with E-state index in [9.17, 15) is 8.42 Å². The Labute approximate surface area is 219 Å². The fraction of sp³-hybridized carbons (Fsp3) is 0.448. The number of sulfone groups is 1. The van der Waals surface area contributed by atoms with Crippen molar-refractivity contribution in [2.45, 2.75) is 69.0 Å². The lowest BCUT2D eigenvalue weighted by molar-refractivity contribution is 0.219. The SMILES string of the molecule is Cc1nnn2c1-c1ccc(C3=CCN(C4CCCC4)CC3)cc1C(Nc1cccc(S(C)(=O)=O)c1)CC2. The van der Waals surface area contributed by atoms with E-state index in [0.717, 1.165) is 61.2 Å². The standard InChI is InChI=1S/C29H35N5O2S/c1-20-29-26-11-10-22(21-12-15-33(16-13-21)24-7-3-4-8-24)18-27(26)28(14-17-34(29)32-31-20)30-23-6-5-9-25(19-23)37(2,35)36/h5-6,9-12,18-19,24,28,30H,3-4,7-8,13-17H2,1-2H3. The second-order valence-corrected chi connectivity index (χ2v) is 12.8. The summed E-state index contributed by atoms with van der Waals surface area (Å²) in [5.41, 5.74) is 7.86. The Balaban J connectivity index is 1.35. The van der Waals surface area contributed by atoms with Crippen molar-refractivity contribution in [3.8, 4) is 11.3 Å². The molecular weight excluding hydrogens is 482 g/mol. The number of anilines is 1. The normalized spacial score (nSPS) is 20.7. The first-order valence-corrected chi connectivity index (χ1v) is 15.3. The maximum Gasteiger partial charge on any atom is 0.175 e. The average molecular weight is 518 g/mol. The third-order valence-corrected chi connectivity index (χ3v) is 9.38. The first-order chi connectivity index (χ1) is 17.9. The summed E-state index contributed by atoms with van der Waals surface area (Å²) in [7, 11) is -3.28. The molecule has 0 saturated heterocycles. The monoisotopic (exact) mass is 517 g/mol. The zero-order valence-electron chi connectivity index (χ0n) is 21.7. The van der Waals surface area contributed by atoms with E-state index in [1.165, 1.54) is 48.6 Å². The van der Waals surface area contributed by atoms with Crippen molar-refractivity contribution in [1.29, 1.82) is 0 Å². The van der Waals surface area contributed by atoms with E-state index >= 15 is 0 Å². The van der Waals surface area contributed by atoms with Gasteiger partial charge in [-0.05, 0) is 73.6 Å². The van der Waals surface area contributed by atoms with Gasteiger partial charge in [0, 0.05) is 43.2 Å². The Bertz CT molecular complexity index is 1450. The third kappa shape index (κ3) is 4.84. The fourth-order valence-corrected chi connectivity index (χ4v) is 6.95. The predicted octanol–water partition coefficient (Wildman–Crippen LogP) is 5.25. The van der Waals surface area contributed by atoms with Crippen molar-refractivity contribution in [1.82, 2.24) is 19.9 Å². The number of hydrogen-bond acceptors (Lipinski definition) is 6. The molecule has 1 atom stereocenters. The molecule has 194 valence electrons. The first kappa shape index (κ1) is 24.4. The van der Waals surface area contributed by atoms with E-state index in [2.05, 4.69) is 44.8 Å². The minimum absolute atomic E-state index is 0.0186. The van der Waals surface area contributed by atoms with Crippen molar-refractivity contribution < 1.29 is 8.42 Å². The van der Waals surface area contributed by atoms with Gasteiger partial charge >= 0.3 is 0 Å². The largest absolute Gasteiger partial charge is 0.378 e. The topological polar surface area (TPSA) is 80.1 Å². The molecule has 1 N–H and O–H groups in total. The Morgan fingerprint density at radius 1 is 1.03 bits per heavy atom. The van der Waals surface area contributed by atoms with Gasteiger partial charge in [-0.3, -0.25) is 4.90 Å². The van der Waals surface area contributed by atoms with Gasteiger partial charge in [0.1, 0.15) is 0 Å². The molecule has 6 rings (SSSR count). The van der Waals surface area contributed by atoms with Crippen molar-refractivity contribution in [3.63, 3.8) is 0 Å². The van der Waals surface area contributed by atoms with Gasteiger partial charge in [-0.2, -0.15) is 0 Å². The Kier molecular flexibility index (Phi) is 6.41. The summed E-state index contributed by atoms with van der Waals surface area (Å²) in [5, 5.41) is 12.4. The minimum Gasteiger partial charge on any atom is -0.378 e. The van der Waals surface area contributed by atoms with Gasteiger partial charge in [-0.1, -0.05) is 42.3 Å². The average Bonchev–Trinajstić information content (AvgIpc) is 3.53. The van der Waals surface area contributed by atoms with Crippen LogP contribution in [0.2, 0.25) is 0 Å². The van der Waals surface area contributed by atoms with Crippen LogP contribution in [-0.2, 0) is 16.4 Å². The number of aryl methyl sites for hydroxylation is 2. The van der Waals surface area contributed by atoms with Crippen LogP contribution in [0.1, 0.15) is 61.4 Å². The van der Waals surface area contributed by atoms with Gasteiger partial charge in [0.2, 0.25) is 0 Å². The van der Waals surface area contributed by atoms with Gasteiger partial charge in [0.25, 0.3) is 0 Å². The van der Waals surface area contributed by atoms with Gasteiger partial charge in [0.15, 0.2) is 9.84 Å². The molecule has 0 radical (unpaired) electrons. The van der Waals surface area contributed by atoms with Gasteiger partial charge in [-0.15, -0.1) is 5.10 Å². The van der Waals surface area contributed by atoms with Gasteiger partial charge in [-0.25, -0.2) is 13.1 Å². The second-order valence-electron chi connectivity index (χ2n) is 10.7. The molecule has 8 heteroatoms. The number of hydrogen-bond donors (Lipinski definition) is 1. The molecule has 3 aromatic rings. The zero-order chi connectivity index (χ0) is 25.6. The highest BCUT2D eigenvalue weighted by Crippen LogP contribution is 2.39. The van der Waals surface area contributed by atoms with Crippen molar-refractivity contribution in [2.75, 3.05) is 24.7 Å². The molecule has 1 aromatic heterocycles. The van der Waals surface area contributed by atoms with Crippen molar-refractivity contribution >= 4 is 21.1 Å². The number of aromatic nitrogens is 3. The highest BCUT2D eigenvalue weighted by atomic mass is 32.2. The van der Waals surface area contributed by atoms with E-state index in [-0.39, 0.29) is 6.04 Å². The second kappa shape index (κ2) is 9.72. The molecule has 1 unspecified atom stereocenters. The van der Waals surface area contributed by atoms with Crippen molar-refractivity contribution in [2.24, 2.45) is 0 Å². The van der Waals surface area contributed by atoms with Gasteiger partial charge in [0.05, 0.1) is 22.3 Å². The van der Waals surface area contributed by atoms with Crippen LogP contribution in [-0.4, -0.2) is 53.7 Å². The van der Waals surface area contributed by atoms with E-state index < -0.39 is 9.84 Å². The third-order valence-electron chi connectivity index (χ3n) is 8.27. The molecule has 2 aromatic carbocycles. The van der Waals surface area contributed by atoms with Crippen LogP contribution in [0.25, 0.3) is 16.8 Å². The fourth-order valence-electron chi connectivity index (χ4n) is 6.28. The summed E-state index contributed by atoms with van der Waals surface area (Å²) in [4.78, 5) is 2.99. The van der Waals surface area contributed by atoms with E-state index in [1.807, 2.05) is 17.7 Å². The summed E-state index contributed by atoms with van der Waals surface area (Å²) in [6.45, 7) is 4.92. The van der Waals surface area contributed by atoms with Crippen LogP contribution < -0.4 is 5.32 Å². The molecule has 0 bridgehead atoms. The lowest BCUT2D eigenvalue weighted by atomic mass is 9.90. The Morgan fingerprint density at radius 3 is 2.62 bits per heavy atom. The van der Waals surface area contributed by atoms with Crippen molar-refractivity contribution in [3.05, 3.63) is 65.4 Å². The van der Waals surface area contributed by atoms with E-state index in [4.69, 9.17) is 0 Å². The molecule has 0 amide bonds. The predicted molar refractivity (Wildman–Crippen MR) is 147 cm³/mol. The van der Waals surface area contributed by atoms with Crippen LogP contribution in [0.4, 0.5) is 5.69 Å². The Hall–Kier alpha value is -2.97. The number of nitrogens with one attached hydrogen (secondary N) is 1. The Morgan fingerprint density at radius 2 is 1.86 bits per heavy atom. The first-order valence-electron chi connectivity index (χ1n) is 13.4. The highest BCUT2D eigenvalue weighted by Gasteiger charge is 2.28. The van der Waals surface area contributed by atoms with Crippen LogP contribution in [0.3, 0.4) is 0 Å². The van der Waals surface area contributed by atoms with Gasteiger partial charge < -0.3 is 5.32 Å². The quantitative estimate of drug-likeness (QED) is 0.498. The smallest absolute Gasteiger partial charge is 0.175 e. The lowest BCUT2D eigenvalue weighted by Gasteiger charge is -2.32. The maximum absolute atomic E-state index is 12.2. The highest BCUT2D eigenvalue weighted by molar-refractivity contribution is 7.90. The molecule has 3 heterocycles. The number of nitrogens with zero attached hydrogens (tertiary/aromatic N) is 4. The van der Waals surface area contributed by atoms with Crippen LogP contribution in [0, 0.1) is 6.92 Å². The molecule has 3 aliphatic rings. The van der Waals surface area contributed by atoms with E-state index in [0.29, 0.717) is 4.90 Å². The molecule has 7 nitrogen and oxygen atoms in total. The molecule has 1 aliphatic carbocycles. The summed E-state index contributed by atoms with van der Waals surface area (Å²) < 4.78 is 26.3. The van der Waals surface area contributed by atoms with Crippen LogP contribution >= 0.6 is 0 Å². The minimum atomic E-state index is -3.28. The molecule has 1 fully saturated rings. The summed E-state index contributed by atoms with van der Waals surface area (Å²) in [6.07, 6.45) is 11.0. The number of rotatable bonds is 5. The van der Waals surface area contributed by atoms with Crippen LogP contribution in [0.5, 0.6) is 0 Å². The maximum atomic E-state index is 12.2. The molecule has 2 aliphatic heterocycles. The number of benzene rings is 2. The molecule has 37 heavy (non-hydrogen) atoms. The molecular formula is C29H35N5O2S. The molecule has 0 spiro atoms. The van der Waals surface area contributed by atoms with E-state index in [1.54, 1.807) is 18.2 Å².